The van der Waals surface area contributed by atoms with E-state index in [-0.39, 0.29) is 42.1 Å². The van der Waals surface area contributed by atoms with Gasteiger partial charge in [-0.1, -0.05) is 90.1 Å². The number of alkyl carbamates (subject to hydrolysis) is 1. The number of fused-ring (bicyclic) bond motifs is 1. The lowest BCUT2D eigenvalue weighted by Gasteiger charge is -2.42. The van der Waals surface area contributed by atoms with Gasteiger partial charge in [0.1, 0.15) is 24.2 Å². The number of rotatable bonds is 17. The number of benzene rings is 1. The molecule has 54 heavy (non-hydrogen) atoms. The van der Waals surface area contributed by atoms with Gasteiger partial charge in [0, 0.05) is 20.6 Å². The number of piperidine rings is 1. The summed E-state index contributed by atoms with van der Waals surface area (Å²) in [5, 5.41) is 10.7. The number of nitrogens with zero attached hydrogens (tertiary/aromatic N) is 2. The van der Waals surface area contributed by atoms with Crippen molar-refractivity contribution in [3.8, 4) is 0 Å². The first kappa shape index (κ1) is 42.3. The molecule has 1 aromatic carbocycles. The summed E-state index contributed by atoms with van der Waals surface area (Å²) in [6.07, 6.45) is 5.50. The molecule has 0 spiro atoms. The Kier molecular flexibility index (Phi) is 14.6. The summed E-state index contributed by atoms with van der Waals surface area (Å²) < 4.78 is 5.61. The summed E-state index contributed by atoms with van der Waals surface area (Å²) in [5.74, 6) is -3.75. The van der Waals surface area contributed by atoms with E-state index in [1.165, 1.54) is 4.90 Å². The number of nitrogens with one attached hydrogen (secondary N) is 4. The van der Waals surface area contributed by atoms with E-state index in [0.29, 0.717) is 24.9 Å². The highest BCUT2D eigenvalue weighted by Crippen LogP contribution is 2.50. The van der Waals surface area contributed by atoms with Crippen LogP contribution in [0.4, 0.5) is 4.79 Å². The predicted octanol–water partition coefficient (Wildman–Crippen LogP) is 3.25. The molecule has 1 heterocycles. The third kappa shape index (κ3) is 10.6. The molecule has 4 unspecified atom stereocenters. The van der Waals surface area contributed by atoms with Crippen molar-refractivity contribution in [1.82, 2.24) is 31.1 Å². The van der Waals surface area contributed by atoms with E-state index in [2.05, 4.69) is 21.3 Å². The minimum absolute atomic E-state index is 0.0855. The lowest BCUT2D eigenvalue weighted by molar-refractivity contribution is -0.145. The van der Waals surface area contributed by atoms with Crippen molar-refractivity contribution in [2.75, 3.05) is 27.2 Å². The third-order valence-corrected chi connectivity index (χ3v) is 11.4. The summed E-state index contributed by atoms with van der Waals surface area (Å²) >= 11 is 0. The molecule has 3 fully saturated rings. The Morgan fingerprint density at radius 2 is 1.61 bits per heavy atom. The number of ketones is 1. The maximum atomic E-state index is 14.5. The summed E-state index contributed by atoms with van der Waals surface area (Å²) in [6.45, 7) is 9.41. The fourth-order valence-electron chi connectivity index (χ4n) is 7.58. The Morgan fingerprint density at radius 1 is 0.944 bits per heavy atom. The molecule has 0 bridgehead atoms. The van der Waals surface area contributed by atoms with Crippen molar-refractivity contribution >= 4 is 41.4 Å². The van der Waals surface area contributed by atoms with E-state index >= 15 is 0 Å². The molecule has 4 rings (SSSR count). The SMILES string of the molecule is CCCCC(NC(=O)C1C2C[C@H]2CN1C(=O)[C@@H](NC(=O)OC(C)C(C)C)C1(C)CCCCC1)C(=O)C(=O)NCC(=O)N[C@H](C(=O)N(C)C)c1ccccc1. The molecule has 14 heteroatoms. The molecule has 298 valence electrons. The highest BCUT2D eigenvalue weighted by molar-refractivity contribution is 6.38. The Labute approximate surface area is 319 Å². The largest absolute Gasteiger partial charge is 0.446 e. The third-order valence-electron chi connectivity index (χ3n) is 11.4. The molecule has 1 aromatic rings. The fraction of sp³-hybridized carbons (Fsp3) is 0.675. The minimum Gasteiger partial charge on any atom is -0.446 e. The number of likely N-dealkylation sites (N-methyl/N-ethyl adjacent to an activating group) is 1. The highest BCUT2D eigenvalue weighted by atomic mass is 16.6. The van der Waals surface area contributed by atoms with Crippen LogP contribution in [0, 0.1) is 23.2 Å². The van der Waals surface area contributed by atoms with Crippen molar-refractivity contribution < 1.29 is 38.3 Å². The Balaban J connectivity index is 1.45. The molecule has 6 amide bonds. The molecule has 4 N–H and O–H groups in total. The molecule has 2 saturated carbocycles. The van der Waals surface area contributed by atoms with Crippen LogP contribution in [0.1, 0.15) is 104 Å². The normalized spacial score (nSPS) is 22.1. The van der Waals surface area contributed by atoms with Crippen LogP contribution in [-0.2, 0) is 33.5 Å². The van der Waals surface area contributed by atoms with E-state index in [4.69, 9.17) is 4.74 Å². The first-order valence-corrected chi connectivity index (χ1v) is 19.5. The van der Waals surface area contributed by atoms with E-state index in [1.54, 1.807) is 56.3 Å². The molecule has 7 atom stereocenters. The van der Waals surface area contributed by atoms with Crippen LogP contribution in [-0.4, -0.2) is 103 Å². The number of likely N-dealkylation sites (tertiary alicyclic amines) is 1. The molecule has 0 aromatic heterocycles. The maximum Gasteiger partial charge on any atom is 0.408 e. The lowest BCUT2D eigenvalue weighted by Crippen LogP contribution is -2.61. The van der Waals surface area contributed by atoms with E-state index in [9.17, 15) is 33.6 Å². The van der Waals surface area contributed by atoms with Gasteiger partial charge >= 0.3 is 6.09 Å². The lowest BCUT2D eigenvalue weighted by atomic mass is 9.70. The second-order valence-corrected chi connectivity index (χ2v) is 16.1. The summed E-state index contributed by atoms with van der Waals surface area (Å²) in [6, 6.07) is 4.73. The van der Waals surface area contributed by atoms with E-state index < -0.39 is 65.7 Å². The molecule has 3 aliphatic rings. The first-order valence-electron chi connectivity index (χ1n) is 19.5. The zero-order valence-corrected chi connectivity index (χ0v) is 32.9. The molecule has 1 aliphatic heterocycles. The van der Waals surface area contributed by atoms with Gasteiger partial charge in [0.05, 0.1) is 12.6 Å². The molecule has 0 radical (unpaired) electrons. The van der Waals surface area contributed by atoms with E-state index in [0.717, 1.165) is 38.5 Å². The Bertz CT molecular complexity index is 1530. The monoisotopic (exact) mass is 752 g/mol. The number of unbranched alkanes of at least 4 members (excludes halogenated alkanes) is 1. The van der Waals surface area contributed by atoms with Crippen molar-refractivity contribution in [2.24, 2.45) is 23.2 Å². The van der Waals surface area contributed by atoms with Crippen molar-refractivity contribution in [1.29, 1.82) is 0 Å². The second kappa shape index (κ2) is 18.7. The zero-order chi connectivity index (χ0) is 39.7. The van der Waals surface area contributed by atoms with Crippen LogP contribution >= 0.6 is 0 Å². The van der Waals surface area contributed by atoms with Gasteiger partial charge in [-0.15, -0.1) is 0 Å². The van der Waals surface area contributed by atoms with Crippen LogP contribution < -0.4 is 21.3 Å². The van der Waals surface area contributed by atoms with Gasteiger partial charge in [0.2, 0.25) is 29.4 Å². The van der Waals surface area contributed by atoms with Crippen LogP contribution in [0.15, 0.2) is 30.3 Å². The molecule has 2 aliphatic carbocycles. The number of carbonyl (C=O) groups is 7. The second-order valence-electron chi connectivity index (χ2n) is 16.1. The zero-order valence-electron chi connectivity index (χ0n) is 32.9. The Hall–Kier alpha value is -4.49. The first-order chi connectivity index (χ1) is 25.6. The average Bonchev–Trinajstić information content (AvgIpc) is 3.81. The van der Waals surface area contributed by atoms with Gasteiger partial charge < -0.3 is 35.8 Å². The van der Waals surface area contributed by atoms with Gasteiger partial charge in [-0.3, -0.25) is 28.8 Å². The smallest absolute Gasteiger partial charge is 0.408 e. The van der Waals surface area contributed by atoms with Gasteiger partial charge in [0.25, 0.3) is 5.91 Å². The van der Waals surface area contributed by atoms with Gasteiger partial charge in [0.15, 0.2) is 0 Å². The van der Waals surface area contributed by atoms with Crippen LogP contribution in [0.2, 0.25) is 0 Å². The number of ether oxygens (including phenoxy) is 1. The predicted molar refractivity (Wildman–Crippen MR) is 201 cm³/mol. The number of carbonyl (C=O) groups excluding carboxylic acids is 7. The van der Waals surface area contributed by atoms with Crippen molar-refractivity contribution in [3.63, 3.8) is 0 Å². The molecule has 14 nitrogen and oxygen atoms in total. The van der Waals surface area contributed by atoms with Crippen LogP contribution in [0.5, 0.6) is 0 Å². The number of hydrogen-bond donors (Lipinski definition) is 4. The number of Topliss-reactive ketones (excluding diaryl/α,β-unsaturated/α-hetero) is 1. The van der Waals surface area contributed by atoms with E-state index in [1.807, 2.05) is 27.7 Å². The number of hydrogen-bond acceptors (Lipinski definition) is 8. The summed E-state index contributed by atoms with van der Waals surface area (Å²) in [7, 11) is 3.13. The maximum absolute atomic E-state index is 14.5. The Morgan fingerprint density at radius 3 is 2.22 bits per heavy atom. The number of amides is 6. The van der Waals surface area contributed by atoms with Crippen molar-refractivity contribution in [2.45, 2.75) is 123 Å². The van der Waals surface area contributed by atoms with Crippen molar-refractivity contribution in [3.05, 3.63) is 35.9 Å². The minimum atomic E-state index is -1.18. The average molecular weight is 753 g/mol. The van der Waals surface area contributed by atoms with Crippen LogP contribution in [0.25, 0.3) is 0 Å². The highest BCUT2D eigenvalue weighted by Gasteiger charge is 2.59. The molecular weight excluding hydrogens is 692 g/mol. The topological polar surface area (TPSA) is 183 Å². The molecule has 1 saturated heterocycles. The molecular formula is C40H60N6O8. The quantitative estimate of drug-likeness (QED) is 0.175. The standard InChI is InChI=1S/C40H60N6O8/c1-8-9-18-29(33(48)36(50)41-22-30(47)43-31(37(51)45(6)7)26-16-12-10-13-17-26)42-35(49)32-28-21-27(28)23-46(32)38(52)34(40(5)19-14-11-15-20-40)44-39(53)54-25(4)24(2)3/h10,12-13,16-17,24-25,27-29,31-32,34H,8-9,11,14-15,18-23H2,1-7H3,(H,41,50)(H,42,49)(H,43,47)(H,44,53)/t25?,27-,28?,29?,31-,32?,34+/m0/s1. The van der Waals surface area contributed by atoms with Crippen LogP contribution in [0.3, 0.4) is 0 Å². The fourth-order valence-corrected chi connectivity index (χ4v) is 7.58. The van der Waals surface area contributed by atoms with Gasteiger partial charge in [-0.05, 0) is 61.3 Å². The van der Waals surface area contributed by atoms with Gasteiger partial charge in [-0.2, -0.15) is 0 Å². The summed E-state index contributed by atoms with van der Waals surface area (Å²) in [5.41, 5.74) is 0.0240. The summed E-state index contributed by atoms with van der Waals surface area (Å²) in [4.78, 5) is 96.9. The van der Waals surface area contributed by atoms with Gasteiger partial charge in [-0.25, -0.2) is 4.79 Å².